The third-order valence-electron chi connectivity index (χ3n) is 7.10. The van der Waals surface area contributed by atoms with Crippen molar-refractivity contribution in [3.05, 3.63) is 69.0 Å². The minimum Gasteiger partial charge on any atom is -0.491 e. The highest BCUT2D eigenvalue weighted by atomic mass is 32.1. The molecule has 4 nitrogen and oxygen atoms in total. The van der Waals surface area contributed by atoms with Crippen LogP contribution in [0.25, 0.3) is 61.9 Å². The molecule has 0 atom stereocenters. The van der Waals surface area contributed by atoms with Gasteiger partial charge in [-0.2, -0.15) is 0 Å². The summed E-state index contributed by atoms with van der Waals surface area (Å²) in [6, 6.07) is 15.6. The molecule has 38 heavy (non-hydrogen) atoms. The summed E-state index contributed by atoms with van der Waals surface area (Å²) < 4.78 is 16.5. The molecule has 0 radical (unpaired) electrons. The Morgan fingerprint density at radius 3 is 1.29 bits per heavy atom. The zero-order chi connectivity index (χ0) is 26.3. The van der Waals surface area contributed by atoms with Crippen molar-refractivity contribution in [1.82, 2.24) is 0 Å². The Bertz CT molecular complexity index is 1980. The summed E-state index contributed by atoms with van der Waals surface area (Å²) in [5, 5.41) is 7.05. The van der Waals surface area contributed by atoms with Crippen molar-refractivity contribution in [3.63, 3.8) is 0 Å². The Balaban J connectivity index is 1.74. The van der Waals surface area contributed by atoms with Crippen LogP contribution >= 0.6 is 22.7 Å². The van der Waals surface area contributed by atoms with Crippen molar-refractivity contribution in [2.24, 2.45) is 11.8 Å². The SMILES string of the molecule is CC(C)COc1c2sc3c(=O)c4ccccc4c3c2c(OCC(C)C)c2sc3c(=O)c4ccccc4c3c12. The topological polar surface area (TPSA) is 52.6 Å². The van der Waals surface area contributed by atoms with Gasteiger partial charge in [0.2, 0.25) is 10.9 Å². The maximum absolute atomic E-state index is 13.5. The molecule has 6 heteroatoms. The van der Waals surface area contributed by atoms with Gasteiger partial charge in [0, 0.05) is 32.3 Å². The number of hydrogen-bond acceptors (Lipinski definition) is 6. The Kier molecular flexibility index (Phi) is 5.29. The Morgan fingerprint density at radius 2 is 0.921 bits per heavy atom. The van der Waals surface area contributed by atoms with Gasteiger partial charge in [-0.1, -0.05) is 76.2 Å². The minimum atomic E-state index is 0.0514. The molecule has 0 aliphatic carbocycles. The van der Waals surface area contributed by atoms with Crippen molar-refractivity contribution >= 4 is 84.6 Å². The maximum atomic E-state index is 13.5. The second-order valence-electron chi connectivity index (χ2n) is 10.8. The number of ether oxygens (including phenoxy) is 2. The van der Waals surface area contributed by atoms with Gasteiger partial charge >= 0.3 is 0 Å². The van der Waals surface area contributed by atoms with E-state index in [0.717, 1.165) is 73.4 Å². The van der Waals surface area contributed by atoms with Gasteiger partial charge in [0.25, 0.3) is 0 Å². The fourth-order valence-electron chi connectivity index (χ4n) is 5.49. The lowest BCUT2D eigenvalue weighted by molar-refractivity contribution is 0.273. The molecule has 0 aliphatic heterocycles. The number of fused-ring (bicyclic) bond motifs is 10. The standard InChI is InChI=1S/C32H26O4S2/c1-15(2)13-35-27-23-21-17-9-5-7-11-19(17)25(33)29(21)38-32(23)28(36-14-16(3)4)24-22-18-10-6-8-12-20(18)26(34)30(22)37-31(24)27/h5-12,15-16H,13-14H2,1-4H3. The Morgan fingerprint density at radius 1 is 0.553 bits per heavy atom. The van der Waals surface area contributed by atoms with E-state index in [1.54, 1.807) is 0 Å². The van der Waals surface area contributed by atoms with Crippen molar-refractivity contribution in [3.8, 4) is 11.5 Å². The van der Waals surface area contributed by atoms with E-state index in [1.807, 2.05) is 48.5 Å². The van der Waals surface area contributed by atoms with Crippen LogP contribution in [-0.4, -0.2) is 13.2 Å². The summed E-state index contributed by atoms with van der Waals surface area (Å²) >= 11 is 2.98. The van der Waals surface area contributed by atoms with Gasteiger partial charge in [-0.15, -0.1) is 22.7 Å². The molecule has 0 spiro atoms. The molecule has 0 amide bonds. The third kappa shape index (κ3) is 3.20. The second-order valence-corrected chi connectivity index (χ2v) is 12.9. The average molecular weight is 539 g/mol. The predicted octanol–water partition coefficient (Wildman–Crippen LogP) is 8.39. The smallest absolute Gasteiger partial charge is 0.204 e. The van der Waals surface area contributed by atoms with E-state index in [9.17, 15) is 9.59 Å². The summed E-state index contributed by atoms with van der Waals surface area (Å²) in [5.41, 5.74) is 0.103. The number of benzene rings is 3. The van der Waals surface area contributed by atoms with Crippen LogP contribution in [0.2, 0.25) is 0 Å². The monoisotopic (exact) mass is 538 g/mol. The van der Waals surface area contributed by atoms with Gasteiger partial charge in [0.15, 0.2) is 0 Å². The third-order valence-corrected chi connectivity index (χ3v) is 9.47. The Labute approximate surface area is 226 Å². The first-order chi connectivity index (χ1) is 18.4. The van der Waals surface area contributed by atoms with E-state index in [2.05, 4.69) is 27.7 Å². The van der Waals surface area contributed by atoms with Gasteiger partial charge in [-0.05, 0) is 22.6 Å². The summed E-state index contributed by atoms with van der Waals surface area (Å²) in [5.74, 6) is 2.14. The second kappa shape index (κ2) is 8.52. The largest absolute Gasteiger partial charge is 0.491 e. The average Bonchev–Trinajstić information content (AvgIpc) is 3.62. The van der Waals surface area contributed by atoms with Gasteiger partial charge in [-0.3, -0.25) is 9.59 Å². The molecular formula is C32H26O4S2. The van der Waals surface area contributed by atoms with E-state index in [1.165, 1.54) is 22.7 Å². The summed E-state index contributed by atoms with van der Waals surface area (Å²) in [7, 11) is 0. The van der Waals surface area contributed by atoms with Gasteiger partial charge in [0.05, 0.1) is 32.0 Å². The maximum Gasteiger partial charge on any atom is 0.204 e. The normalized spacial score (nSPS) is 12.6. The van der Waals surface area contributed by atoms with Crippen LogP contribution in [0, 0.1) is 11.8 Å². The quantitative estimate of drug-likeness (QED) is 0.213. The molecule has 2 heterocycles. The molecule has 0 bridgehead atoms. The first kappa shape index (κ1) is 23.6. The lowest BCUT2D eigenvalue weighted by atomic mass is 10.0. The molecular weight excluding hydrogens is 512 g/mol. The fraction of sp³-hybridized carbons (Fsp3) is 0.250. The predicted molar refractivity (Wildman–Crippen MR) is 163 cm³/mol. The van der Waals surface area contributed by atoms with E-state index >= 15 is 0 Å². The summed E-state index contributed by atoms with van der Waals surface area (Å²) in [4.78, 5) is 27.0. The van der Waals surface area contributed by atoms with Gasteiger partial charge in [-0.25, -0.2) is 0 Å². The van der Waals surface area contributed by atoms with Gasteiger partial charge in [0.1, 0.15) is 11.5 Å². The van der Waals surface area contributed by atoms with E-state index in [4.69, 9.17) is 9.47 Å². The van der Waals surface area contributed by atoms with Crippen LogP contribution in [0.3, 0.4) is 0 Å². The first-order valence-corrected chi connectivity index (χ1v) is 14.6. The van der Waals surface area contributed by atoms with Crippen molar-refractivity contribution in [2.75, 3.05) is 13.2 Å². The molecule has 7 aromatic rings. The van der Waals surface area contributed by atoms with E-state index in [0.29, 0.717) is 25.0 Å². The van der Waals surface area contributed by atoms with Crippen LogP contribution < -0.4 is 20.3 Å². The van der Waals surface area contributed by atoms with Crippen LogP contribution in [0.5, 0.6) is 11.5 Å². The Hall–Kier alpha value is -3.48. The van der Waals surface area contributed by atoms with Crippen LogP contribution in [-0.2, 0) is 0 Å². The lowest BCUT2D eigenvalue weighted by Gasteiger charge is -2.16. The highest BCUT2D eigenvalue weighted by Gasteiger charge is 2.29. The first-order valence-electron chi connectivity index (χ1n) is 13.0. The summed E-state index contributed by atoms with van der Waals surface area (Å²) in [6.07, 6.45) is 0. The zero-order valence-electron chi connectivity index (χ0n) is 21.6. The lowest BCUT2D eigenvalue weighted by Crippen LogP contribution is -2.07. The molecule has 0 saturated carbocycles. The molecule has 5 aromatic carbocycles. The molecule has 0 fully saturated rings. The van der Waals surface area contributed by atoms with E-state index in [-0.39, 0.29) is 10.9 Å². The molecule has 7 rings (SSSR count). The number of thiophene rings is 2. The molecule has 0 aliphatic rings. The highest BCUT2D eigenvalue weighted by Crippen LogP contribution is 2.55. The number of rotatable bonds is 6. The summed E-state index contributed by atoms with van der Waals surface area (Å²) in [6.45, 7) is 9.56. The van der Waals surface area contributed by atoms with Crippen LogP contribution in [0.4, 0.5) is 0 Å². The van der Waals surface area contributed by atoms with Gasteiger partial charge < -0.3 is 9.47 Å². The molecule has 0 saturated heterocycles. The van der Waals surface area contributed by atoms with Crippen molar-refractivity contribution in [2.45, 2.75) is 27.7 Å². The number of hydrogen-bond donors (Lipinski definition) is 0. The molecule has 2 aromatic heterocycles. The minimum absolute atomic E-state index is 0.0514. The highest BCUT2D eigenvalue weighted by molar-refractivity contribution is 7.28. The fourth-order valence-corrected chi connectivity index (χ4v) is 8.04. The molecule has 0 unspecified atom stereocenters. The van der Waals surface area contributed by atoms with Crippen LogP contribution in [0.15, 0.2) is 58.1 Å². The van der Waals surface area contributed by atoms with Crippen LogP contribution in [0.1, 0.15) is 27.7 Å². The zero-order valence-corrected chi connectivity index (χ0v) is 23.3. The van der Waals surface area contributed by atoms with Crippen molar-refractivity contribution < 1.29 is 9.47 Å². The molecule has 0 N–H and O–H groups in total. The van der Waals surface area contributed by atoms with Crippen molar-refractivity contribution in [1.29, 1.82) is 0 Å². The van der Waals surface area contributed by atoms with E-state index < -0.39 is 0 Å². The molecule has 190 valence electrons.